The third-order valence-corrected chi connectivity index (χ3v) is 3.99. The Balaban J connectivity index is 1.77. The Morgan fingerprint density at radius 1 is 1.29 bits per heavy atom. The lowest BCUT2D eigenvalue weighted by Gasteiger charge is -2.22. The Hall–Kier alpha value is -1.75. The number of nitrogens with zero attached hydrogens (tertiary/aromatic N) is 1. The molecule has 1 fully saturated rings. The van der Waals surface area contributed by atoms with Gasteiger partial charge < -0.3 is 20.6 Å². The van der Waals surface area contributed by atoms with Crippen molar-refractivity contribution in [2.75, 3.05) is 25.5 Å². The maximum atomic E-state index is 11.8. The molecule has 0 radical (unpaired) electrons. The highest BCUT2D eigenvalue weighted by Crippen LogP contribution is 2.28. The Morgan fingerprint density at radius 2 is 2.00 bits per heavy atom. The van der Waals surface area contributed by atoms with Crippen LogP contribution in [0.15, 0.2) is 24.3 Å². The zero-order valence-corrected chi connectivity index (χ0v) is 12.9. The summed E-state index contributed by atoms with van der Waals surface area (Å²) in [5.74, 6) is 0. The molecule has 0 saturated heterocycles. The van der Waals surface area contributed by atoms with Gasteiger partial charge in [0, 0.05) is 32.9 Å². The molecule has 1 saturated carbocycles. The van der Waals surface area contributed by atoms with Gasteiger partial charge in [-0.05, 0) is 30.5 Å². The average Bonchev–Trinajstić information content (AvgIpc) is 2.90. The fraction of sp³-hybridized carbons (Fsp3) is 0.562. The fourth-order valence-electron chi connectivity index (χ4n) is 2.64. The number of nitrogens with one attached hydrogen (secondary N) is 2. The number of anilines is 1. The second-order valence-corrected chi connectivity index (χ2v) is 6.03. The normalized spacial score (nSPS) is 16.5. The maximum Gasteiger partial charge on any atom is 0.315 e. The second kappa shape index (κ2) is 6.80. The zero-order chi connectivity index (χ0) is 15.3. The van der Waals surface area contributed by atoms with Gasteiger partial charge in [-0.15, -0.1) is 0 Å². The van der Waals surface area contributed by atoms with Crippen molar-refractivity contribution in [2.45, 2.75) is 37.8 Å². The first-order valence-electron chi connectivity index (χ1n) is 7.49. The molecule has 0 aliphatic heterocycles. The van der Waals surface area contributed by atoms with Crippen molar-refractivity contribution < 1.29 is 9.90 Å². The first kappa shape index (κ1) is 15.6. The van der Waals surface area contributed by atoms with Crippen LogP contribution in [0, 0.1) is 0 Å². The summed E-state index contributed by atoms with van der Waals surface area (Å²) < 4.78 is 0. The SMILES string of the molecule is CN(C)c1cccc(CNC(=O)NCC2(O)CCCC2)c1. The fourth-order valence-corrected chi connectivity index (χ4v) is 2.64. The number of hydrogen-bond donors (Lipinski definition) is 3. The van der Waals surface area contributed by atoms with Crippen molar-refractivity contribution in [1.29, 1.82) is 0 Å². The number of urea groups is 1. The number of aliphatic hydroxyl groups is 1. The summed E-state index contributed by atoms with van der Waals surface area (Å²) in [4.78, 5) is 13.8. The first-order valence-corrected chi connectivity index (χ1v) is 7.49. The van der Waals surface area contributed by atoms with Crippen molar-refractivity contribution in [1.82, 2.24) is 10.6 Å². The maximum absolute atomic E-state index is 11.8. The van der Waals surface area contributed by atoms with Crippen LogP contribution >= 0.6 is 0 Å². The molecule has 1 aliphatic rings. The second-order valence-electron chi connectivity index (χ2n) is 6.03. The van der Waals surface area contributed by atoms with Gasteiger partial charge in [-0.1, -0.05) is 25.0 Å². The van der Waals surface area contributed by atoms with Gasteiger partial charge in [-0.25, -0.2) is 4.79 Å². The number of rotatable bonds is 5. The molecule has 1 aliphatic carbocycles. The number of amides is 2. The van der Waals surface area contributed by atoms with Gasteiger partial charge in [0.2, 0.25) is 0 Å². The van der Waals surface area contributed by atoms with E-state index < -0.39 is 5.60 Å². The third-order valence-electron chi connectivity index (χ3n) is 3.99. The molecule has 2 rings (SSSR count). The number of carbonyl (C=O) groups is 1. The Labute approximate surface area is 126 Å². The van der Waals surface area contributed by atoms with Crippen molar-refractivity contribution in [3.05, 3.63) is 29.8 Å². The van der Waals surface area contributed by atoms with Crippen LogP contribution in [-0.2, 0) is 6.54 Å². The molecule has 5 heteroatoms. The molecule has 3 N–H and O–H groups in total. The van der Waals surface area contributed by atoms with Crippen LogP contribution < -0.4 is 15.5 Å². The summed E-state index contributed by atoms with van der Waals surface area (Å²) in [7, 11) is 3.98. The van der Waals surface area contributed by atoms with E-state index in [-0.39, 0.29) is 6.03 Å². The van der Waals surface area contributed by atoms with E-state index in [1.807, 2.05) is 43.3 Å². The van der Waals surface area contributed by atoms with E-state index in [1.54, 1.807) is 0 Å². The van der Waals surface area contributed by atoms with E-state index in [0.717, 1.165) is 36.9 Å². The van der Waals surface area contributed by atoms with E-state index in [0.29, 0.717) is 13.1 Å². The van der Waals surface area contributed by atoms with Crippen LogP contribution in [-0.4, -0.2) is 37.4 Å². The summed E-state index contributed by atoms with van der Waals surface area (Å²) in [6, 6.07) is 7.80. The van der Waals surface area contributed by atoms with Gasteiger partial charge in [-0.2, -0.15) is 0 Å². The first-order chi connectivity index (χ1) is 9.98. The highest BCUT2D eigenvalue weighted by Gasteiger charge is 2.31. The quantitative estimate of drug-likeness (QED) is 0.776. The van der Waals surface area contributed by atoms with Crippen molar-refractivity contribution in [2.24, 2.45) is 0 Å². The van der Waals surface area contributed by atoms with E-state index >= 15 is 0 Å². The van der Waals surface area contributed by atoms with E-state index in [2.05, 4.69) is 10.6 Å². The molecule has 0 unspecified atom stereocenters. The molecule has 1 aromatic carbocycles. The molecule has 0 bridgehead atoms. The summed E-state index contributed by atoms with van der Waals surface area (Å²) in [6.07, 6.45) is 3.63. The van der Waals surface area contributed by atoms with Gasteiger partial charge in [0.1, 0.15) is 0 Å². The van der Waals surface area contributed by atoms with E-state index in [9.17, 15) is 9.90 Å². The highest BCUT2D eigenvalue weighted by molar-refractivity contribution is 5.74. The van der Waals surface area contributed by atoms with Gasteiger partial charge in [0.15, 0.2) is 0 Å². The molecular formula is C16H25N3O2. The van der Waals surface area contributed by atoms with Gasteiger partial charge in [-0.3, -0.25) is 0 Å². The Morgan fingerprint density at radius 3 is 2.67 bits per heavy atom. The number of carbonyl (C=O) groups excluding carboxylic acids is 1. The molecule has 0 heterocycles. The highest BCUT2D eigenvalue weighted by atomic mass is 16.3. The largest absolute Gasteiger partial charge is 0.388 e. The zero-order valence-electron chi connectivity index (χ0n) is 12.9. The lowest BCUT2D eigenvalue weighted by molar-refractivity contribution is 0.0501. The molecule has 2 amide bonds. The third kappa shape index (κ3) is 4.63. The molecule has 5 nitrogen and oxygen atoms in total. The topological polar surface area (TPSA) is 64.6 Å². The standard InChI is InChI=1S/C16H25N3O2/c1-19(2)14-7-5-6-13(10-14)11-17-15(20)18-12-16(21)8-3-4-9-16/h5-7,10,21H,3-4,8-9,11-12H2,1-2H3,(H2,17,18,20). The van der Waals surface area contributed by atoms with Gasteiger partial charge >= 0.3 is 6.03 Å². The Bertz CT molecular complexity index is 482. The summed E-state index contributed by atoms with van der Waals surface area (Å²) in [6.45, 7) is 0.808. The molecule has 116 valence electrons. The lowest BCUT2D eigenvalue weighted by atomic mass is 10.0. The Kier molecular flexibility index (Phi) is 5.07. The van der Waals surface area contributed by atoms with Gasteiger partial charge in [0.05, 0.1) is 5.60 Å². The summed E-state index contributed by atoms with van der Waals surface area (Å²) in [5.41, 5.74) is 1.45. The van der Waals surface area contributed by atoms with E-state index in [1.165, 1.54) is 0 Å². The minimum absolute atomic E-state index is 0.231. The van der Waals surface area contributed by atoms with Crippen molar-refractivity contribution in [3.8, 4) is 0 Å². The number of hydrogen-bond acceptors (Lipinski definition) is 3. The molecule has 1 aromatic rings. The molecular weight excluding hydrogens is 266 g/mol. The average molecular weight is 291 g/mol. The van der Waals surface area contributed by atoms with Crippen LogP contribution in [0.1, 0.15) is 31.2 Å². The smallest absolute Gasteiger partial charge is 0.315 e. The van der Waals surface area contributed by atoms with Crippen molar-refractivity contribution in [3.63, 3.8) is 0 Å². The summed E-state index contributed by atoms with van der Waals surface area (Å²) >= 11 is 0. The lowest BCUT2D eigenvalue weighted by Crippen LogP contribution is -2.44. The van der Waals surface area contributed by atoms with Crippen LogP contribution in [0.4, 0.5) is 10.5 Å². The monoisotopic (exact) mass is 291 g/mol. The van der Waals surface area contributed by atoms with Gasteiger partial charge in [0.25, 0.3) is 0 Å². The minimum Gasteiger partial charge on any atom is -0.388 e. The minimum atomic E-state index is -0.706. The molecule has 21 heavy (non-hydrogen) atoms. The van der Waals surface area contributed by atoms with Crippen LogP contribution in [0.3, 0.4) is 0 Å². The van der Waals surface area contributed by atoms with E-state index in [4.69, 9.17) is 0 Å². The number of benzene rings is 1. The van der Waals surface area contributed by atoms with Crippen LogP contribution in [0.25, 0.3) is 0 Å². The van der Waals surface area contributed by atoms with Crippen LogP contribution in [0.5, 0.6) is 0 Å². The predicted octanol–water partition coefficient (Wildman–Crippen LogP) is 1.86. The molecule has 0 atom stereocenters. The molecule has 0 aromatic heterocycles. The van der Waals surface area contributed by atoms with Crippen molar-refractivity contribution >= 4 is 11.7 Å². The van der Waals surface area contributed by atoms with Crippen LogP contribution in [0.2, 0.25) is 0 Å². The predicted molar refractivity (Wildman–Crippen MR) is 84.4 cm³/mol. The molecule has 0 spiro atoms. The summed E-state index contributed by atoms with van der Waals surface area (Å²) in [5, 5.41) is 15.8.